The Hall–Kier alpha value is -2.33. The summed E-state index contributed by atoms with van der Waals surface area (Å²) in [5.74, 6) is 6.32. The lowest BCUT2D eigenvalue weighted by Crippen LogP contribution is -2.24. The van der Waals surface area contributed by atoms with Gasteiger partial charge in [0.15, 0.2) is 0 Å². The van der Waals surface area contributed by atoms with Crippen LogP contribution < -0.4 is 9.46 Å². The first-order chi connectivity index (χ1) is 12.0. The minimum Gasteiger partial charge on any atom is -0.497 e. The smallest absolute Gasteiger partial charge is 0.241 e. The number of hydrogen-bond donors (Lipinski definition) is 1. The van der Waals surface area contributed by atoms with Crippen LogP contribution in [-0.2, 0) is 16.6 Å². The fraction of sp³-hybridized carbons (Fsp3) is 0.263. The minimum absolute atomic E-state index is 0.0682. The van der Waals surface area contributed by atoms with Crippen molar-refractivity contribution in [3.8, 4) is 17.6 Å². The van der Waals surface area contributed by atoms with E-state index in [9.17, 15) is 8.42 Å². The van der Waals surface area contributed by atoms with Crippen molar-refractivity contribution < 1.29 is 13.2 Å². The summed E-state index contributed by atoms with van der Waals surface area (Å²) >= 11 is 0. The van der Waals surface area contributed by atoms with Crippen molar-refractivity contribution >= 4 is 10.0 Å². The second-order valence-electron chi connectivity index (χ2n) is 5.51. The quantitative estimate of drug-likeness (QED) is 0.770. The molecule has 0 aliphatic carbocycles. The monoisotopic (exact) mass is 358 g/mol. The van der Waals surface area contributed by atoms with E-state index in [0.29, 0.717) is 12.3 Å². The van der Waals surface area contributed by atoms with Gasteiger partial charge in [-0.05, 0) is 24.7 Å². The first-order valence-electron chi connectivity index (χ1n) is 7.83. The molecule has 0 unspecified atom stereocenters. The van der Waals surface area contributed by atoms with Crippen molar-refractivity contribution in [3.63, 3.8) is 0 Å². The molecule has 0 amide bonds. The molecule has 2 rings (SSSR count). The molecule has 0 fully saturated rings. The minimum atomic E-state index is -3.59. The van der Waals surface area contributed by atoms with E-state index in [1.807, 2.05) is 25.2 Å². The van der Waals surface area contributed by atoms with Gasteiger partial charge in [-0.25, -0.2) is 8.42 Å². The van der Waals surface area contributed by atoms with Crippen LogP contribution in [0.3, 0.4) is 0 Å². The highest BCUT2D eigenvalue weighted by Crippen LogP contribution is 2.16. The fourth-order valence-corrected chi connectivity index (χ4v) is 3.15. The van der Waals surface area contributed by atoms with Gasteiger partial charge in [0.05, 0.1) is 25.1 Å². The van der Waals surface area contributed by atoms with E-state index in [-0.39, 0.29) is 11.4 Å². The van der Waals surface area contributed by atoms with Crippen LogP contribution >= 0.6 is 0 Å². The van der Waals surface area contributed by atoms with Gasteiger partial charge >= 0.3 is 0 Å². The number of ether oxygens (including phenoxy) is 1. The zero-order valence-electron chi connectivity index (χ0n) is 14.4. The lowest BCUT2D eigenvalue weighted by atomic mass is 10.2. The summed E-state index contributed by atoms with van der Waals surface area (Å²) in [6.07, 6.45) is 0. The fourth-order valence-electron chi connectivity index (χ4n) is 2.19. The van der Waals surface area contributed by atoms with Gasteiger partial charge in [-0.15, -0.1) is 0 Å². The first-order valence-corrected chi connectivity index (χ1v) is 9.31. The second kappa shape index (κ2) is 9.23. The predicted molar refractivity (Wildman–Crippen MR) is 98.7 cm³/mol. The molecule has 25 heavy (non-hydrogen) atoms. The average Bonchev–Trinajstić information content (AvgIpc) is 2.62. The Labute approximate surface area is 149 Å². The molecule has 132 valence electrons. The van der Waals surface area contributed by atoms with Gasteiger partial charge in [0.25, 0.3) is 0 Å². The lowest BCUT2D eigenvalue weighted by molar-refractivity contribution is 0.369. The second-order valence-corrected chi connectivity index (χ2v) is 7.28. The Morgan fingerprint density at radius 2 is 1.84 bits per heavy atom. The number of methoxy groups -OCH3 is 1. The van der Waals surface area contributed by atoms with Crippen molar-refractivity contribution in [3.05, 3.63) is 60.2 Å². The Morgan fingerprint density at radius 3 is 2.56 bits per heavy atom. The summed E-state index contributed by atoms with van der Waals surface area (Å²) in [4.78, 5) is 2.23. The van der Waals surface area contributed by atoms with E-state index in [1.165, 1.54) is 24.8 Å². The van der Waals surface area contributed by atoms with Crippen LogP contribution in [-0.4, -0.2) is 40.6 Å². The van der Waals surface area contributed by atoms with Crippen LogP contribution in [0.5, 0.6) is 5.75 Å². The molecule has 0 aliphatic heterocycles. The largest absolute Gasteiger partial charge is 0.497 e. The summed E-state index contributed by atoms with van der Waals surface area (Å²) < 4.78 is 31.9. The van der Waals surface area contributed by atoms with E-state index in [4.69, 9.17) is 4.74 Å². The zero-order valence-corrected chi connectivity index (χ0v) is 15.2. The standard InChI is InChI=1S/C19H22N2O3S/c1-21(16-17-9-4-3-5-10-17)14-7-6-13-20-25(22,23)19-12-8-11-18(15-19)24-2/h3-5,8-12,15,20H,13-14,16H2,1-2H3. The van der Waals surface area contributed by atoms with Gasteiger partial charge in [0.2, 0.25) is 10.0 Å². The van der Waals surface area contributed by atoms with Gasteiger partial charge in [-0.2, -0.15) is 4.72 Å². The molecule has 1 N–H and O–H groups in total. The van der Waals surface area contributed by atoms with E-state index >= 15 is 0 Å². The third-order valence-corrected chi connectivity index (χ3v) is 4.87. The zero-order chi connectivity index (χ0) is 18.1. The van der Waals surface area contributed by atoms with E-state index in [2.05, 4.69) is 33.6 Å². The maximum Gasteiger partial charge on any atom is 0.241 e. The Balaban J connectivity index is 1.83. The van der Waals surface area contributed by atoms with Crippen molar-refractivity contribution in [2.45, 2.75) is 11.4 Å². The van der Waals surface area contributed by atoms with Gasteiger partial charge in [-0.1, -0.05) is 48.2 Å². The third kappa shape index (κ3) is 6.24. The molecule has 0 saturated heterocycles. The molecule has 0 aromatic heterocycles. The molecule has 0 bridgehead atoms. The van der Waals surface area contributed by atoms with Crippen LogP contribution in [0.2, 0.25) is 0 Å². The molecule has 0 saturated carbocycles. The molecule has 6 heteroatoms. The highest BCUT2D eigenvalue weighted by molar-refractivity contribution is 7.89. The molecule has 5 nitrogen and oxygen atoms in total. The van der Waals surface area contributed by atoms with Gasteiger partial charge < -0.3 is 4.74 Å². The molecule has 0 heterocycles. The van der Waals surface area contributed by atoms with Crippen LogP contribution in [0, 0.1) is 11.8 Å². The van der Waals surface area contributed by atoms with Crippen LogP contribution in [0.4, 0.5) is 0 Å². The molecular weight excluding hydrogens is 336 g/mol. The first kappa shape index (κ1) is 19.0. The molecule has 2 aromatic rings. The molecular formula is C19H22N2O3S. The number of nitrogens with zero attached hydrogens (tertiary/aromatic N) is 1. The summed E-state index contributed by atoms with van der Waals surface area (Å²) in [6, 6.07) is 16.4. The van der Waals surface area contributed by atoms with E-state index in [0.717, 1.165) is 6.54 Å². The number of rotatable bonds is 7. The topological polar surface area (TPSA) is 58.6 Å². The lowest BCUT2D eigenvalue weighted by Gasteiger charge is -2.12. The van der Waals surface area contributed by atoms with Crippen LogP contribution in [0.15, 0.2) is 59.5 Å². The summed E-state index contributed by atoms with van der Waals surface area (Å²) in [7, 11) is -0.117. The Bertz CT molecular complexity index is 840. The highest BCUT2D eigenvalue weighted by atomic mass is 32.2. The normalized spacial score (nSPS) is 11.0. The number of hydrogen-bond acceptors (Lipinski definition) is 4. The highest BCUT2D eigenvalue weighted by Gasteiger charge is 2.13. The Morgan fingerprint density at radius 1 is 1.08 bits per heavy atom. The number of nitrogens with one attached hydrogen (secondary N) is 1. The molecule has 0 atom stereocenters. The van der Waals surface area contributed by atoms with E-state index in [1.54, 1.807) is 12.1 Å². The van der Waals surface area contributed by atoms with Crippen molar-refractivity contribution in [1.29, 1.82) is 0 Å². The van der Waals surface area contributed by atoms with Gasteiger partial charge in [-0.3, -0.25) is 4.90 Å². The number of benzene rings is 2. The van der Waals surface area contributed by atoms with Crippen LogP contribution in [0.25, 0.3) is 0 Å². The van der Waals surface area contributed by atoms with Crippen LogP contribution in [0.1, 0.15) is 5.56 Å². The van der Waals surface area contributed by atoms with Gasteiger partial charge in [0.1, 0.15) is 5.75 Å². The van der Waals surface area contributed by atoms with Gasteiger partial charge in [0, 0.05) is 12.6 Å². The number of sulfonamides is 1. The summed E-state index contributed by atoms with van der Waals surface area (Å²) in [5.41, 5.74) is 1.21. The summed E-state index contributed by atoms with van der Waals surface area (Å²) in [6.45, 7) is 1.43. The SMILES string of the molecule is COc1cccc(S(=O)(=O)NCC#CCN(C)Cc2ccccc2)c1. The molecule has 0 spiro atoms. The molecule has 0 radical (unpaired) electrons. The maximum atomic E-state index is 12.2. The molecule has 2 aromatic carbocycles. The van der Waals surface area contributed by atoms with Crippen molar-refractivity contribution in [1.82, 2.24) is 9.62 Å². The summed E-state index contributed by atoms with van der Waals surface area (Å²) in [5, 5.41) is 0. The predicted octanol–water partition coefficient (Wildman–Crippen LogP) is 2.11. The Kier molecular flexibility index (Phi) is 7.02. The van der Waals surface area contributed by atoms with E-state index < -0.39 is 10.0 Å². The molecule has 0 aliphatic rings. The van der Waals surface area contributed by atoms with Crippen molar-refractivity contribution in [2.24, 2.45) is 0 Å². The third-order valence-electron chi connectivity index (χ3n) is 3.47. The van der Waals surface area contributed by atoms with Crippen molar-refractivity contribution in [2.75, 3.05) is 27.2 Å². The average molecular weight is 358 g/mol. The maximum absolute atomic E-state index is 12.2.